The van der Waals surface area contributed by atoms with Gasteiger partial charge >= 0.3 is 0 Å². The summed E-state index contributed by atoms with van der Waals surface area (Å²) in [6.45, 7) is 2.11. The number of hydrogen-bond donors (Lipinski definition) is 0. The van der Waals surface area contributed by atoms with E-state index in [4.69, 9.17) is 10.00 Å². The van der Waals surface area contributed by atoms with Crippen LogP contribution in [0.4, 0.5) is 5.69 Å². The van der Waals surface area contributed by atoms with Gasteiger partial charge < -0.3 is 9.64 Å². The normalized spacial score (nSPS) is 16.8. The molecule has 1 atom stereocenters. The third kappa shape index (κ3) is 3.23. The fraction of sp³-hybridized carbons (Fsp3) is 0.211. The van der Waals surface area contributed by atoms with Gasteiger partial charge in [-0.05, 0) is 29.8 Å². The number of nitrogens with zero attached hydrogens (tertiary/aromatic N) is 5. The average Bonchev–Trinajstić information content (AvgIpc) is 3.32. The minimum Gasteiger partial charge on any atom is -0.350 e. The first-order chi connectivity index (χ1) is 12.3. The molecule has 0 amide bonds. The standard InChI is InChI=1S/C19H17N5O/c20-12-15-6-8-16(9-7-15)13-23-14-18(21-22-23)19-24(10-11-25-19)17-4-2-1-3-5-17/h1-9,14,19H,10-11,13H2/t19-/m1/s1. The Balaban J connectivity index is 1.51. The average molecular weight is 331 g/mol. The number of rotatable bonds is 4. The van der Waals surface area contributed by atoms with Gasteiger partial charge in [0.15, 0.2) is 6.23 Å². The van der Waals surface area contributed by atoms with Crippen molar-refractivity contribution in [1.29, 1.82) is 5.26 Å². The molecule has 1 fully saturated rings. The smallest absolute Gasteiger partial charge is 0.177 e. The molecule has 1 aliphatic heterocycles. The second kappa shape index (κ2) is 6.75. The topological polar surface area (TPSA) is 67.0 Å². The Hall–Kier alpha value is -3.17. The molecule has 6 nitrogen and oxygen atoms in total. The van der Waals surface area contributed by atoms with Crippen LogP contribution in [0.1, 0.15) is 23.0 Å². The molecular formula is C19H17N5O. The van der Waals surface area contributed by atoms with Crippen LogP contribution in [-0.4, -0.2) is 28.1 Å². The number of nitriles is 1. The summed E-state index contributed by atoms with van der Waals surface area (Å²) in [6.07, 6.45) is 1.71. The second-order valence-corrected chi connectivity index (χ2v) is 5.90. The molecule has 4 rings (SSSR count). The van der Waals surface area contributed by atoms with Crippen LogP contribution in [0.5, 0.6) is 0 Å². The van der Waals surface area contributed by atoms with E-state index in [1.165, 1.54) is 0 Å². The number of para-hydroxylation sites is 1. The highest BCUT2D eigenvalue weighted by Gasteiger charge is 2.29. The Morgan fingerprint density at radius 3 is 2.68 bits per heavy atom. The number of hydrogen-bond acceptors (Lipinski definition) is 5. The van der Waals surface area contributed by atoms with Crippen molar-refractivity contribution in [2.75, 3.05) is 18.1 Å². The highest BCUT2D eigenvalue weighted by molar-refractivity contribution is 5.48. The summed E-state index contributed by atoms with van der Waals surface area (Å²) < 4.78 is 7.67. The number of anilines is 1. The molecular weight excluding hydrogens is 314 g/mol. The van der Waals surface area contributed by atoms with Gasteiger partial charge in [-0.1, -0.05) is 35.5 Å². The molecule has 3 aromatic rings. The molecule has 2 aromatic carbocycles. The first-order valence-electron chi connectivity index (χ1n) is 8.16. The Morgan fingerprint density at radius 2 is 1.92 bits per heavy atom. The van der Waals surface area contributed by atoms with Crippen LogP contribution in [0.3, 0.4) is 0 Å². The molecule has 0 N–H and O–H groups in total. The van der Waals surface area contributed by atoms with Crippen molar-refractivity contribution in [3.8, 4) is 6.07 Å². The van der Waals surface area contributed by atoms with Gasteiger partial charge in [0, 0.05) is 12.2 Å². The fourth-order valence-corrected chi connectivity index (χ4v) is 2.97. The van der Waals surface area contributed by atoms with Gasteiger partial charge in [-0.2, -0.15) is 5.26 Å². The highest BCUT2D eigenvalue weighted by atomic mass is 16.5. The zero-order valence-electron chi connectivity index (χ0n) is 13.6. The third-order valence-corrected chi connectivity index (χ3v) is 4.22. The molecule has 1 aromatic heterocycles. The lowest BCUT2D eigenvalue weighted by molar-refractivity contribution is 0.110. The summed E-state index contributed by atoms with van der Waals surface area (Å²) in [5, 5.41) is 17.4. The Labute approximate surface area is 145 Å². The first kappa shape index (κ1) is 15.4. The van der Waals surface area contributed by atoms with Gasteiger partial charge in [-0.15, -0.1) is 5.10 Å². The summed E-state index contributed by atoms with van der Waals surface area (Å²) in [5.74, 6) is 0. The molecule has 1 saturated heterocycles. The van der Waals surface area contributed by atoms with Gasteiger partial charge in [-0.3, -0.25) is 0 Å². The van der Waals surface area contributed by atoms with Crippen LogP contribution in [0.15, 0.2) is 60.8 Å². The van der Waals surface area contributed by atoms with Crippen LogP contribution in [-0.2, 0) is 11.3 Å². The zero-order chi connectivity index (χ0) is 17.1. The molecule has 1 aliphatic rings. The summed E-state index contributed by atoms with van der Waals surface area (Å²) in [7, 11) is 0. The van der Waals surface area contributed by atoms with Crippen LogP contribution in [0, 0.1) is 11.3 Å². The van der Waals surface area contributed by atoms with E-state index in [1.54, 1.807) is 4.68 Å². The fourth-order valence-electron chi connectivity index (χ4n) is 2.97. The molecule has 2 heterocycles. The summed E-state index contributed by atoms with van der Waals surface area (Å²) in [4.78, 5) is 2.19. The largest absolute Gasteiger partial charge is 0.350 e. The van der Waals surface area contributed by atoms with E-state index in [-0.39, 0.29) is 6.23 Å². The second-order valence-electron chi connectivity index (χ2n) is 5.90. The van der Waals surface area contributed by atoms with E-state index in [1.807, 2.05) is 48.7 Å². The van der Waals surface area contributed by atoms with Crippen molar-refractivity contribution in [2.45, 2.75) is 12.8 Å². The first-order valence-corrected chi connectivity index (χ1v) is 8.16. The van der Waals surface area contributed by atoms with Crippen LogP contribution < -0.4 is 4.90 Å². The van der Waals surface area contributed by atoms with E-state index in [0.717, 1.165) is 23.5 Å². The predicted octanol–water partition coefficient (Wildman–Crippen LogP) is 2.73. The molecule has 0 saturated carbocycles. The molecule has 0 aliphatic carbocycles. The Kier molecular flexibility index (Phi) is 4.15. The summed E-state index contributed by atoms with van der Waals surface area (Å²) in [6, 6.07) is 19.8. The Morgan fingerprint density at radius 1 is 1.12 bits per heavy atom. The molecule has 0 unspecified atom stereocenters. The van der Waals surface area contributed by atoms with Gasteiger partial charge in [0.2, 0.25) is 0 Å². The maximum Gasteiger partial charge on any atom is 0.177 e. The molecule has 0 spiro atoms. The van der Waals surface area contributed by atoms with Gasteiger partial charge in [0.1, 0.15) is 5.69 Å². The molecule has 6 heteroatoms. The molecule has 0 radical (unpaired) electrons. The highest BCUT2D eigenvalue weighted by Crippen LogP contribution is 2.30. The van der Waals surface area contributed by atoms with E-state index in [2.05, 4.69) is 33.4 Å². The SMILES string of the molecule is N#Cc1ccc(Cn2cc([C@H]3OCCN3c3ccccc3)nn2)cc1. The van der Waals surface area contributed by atoms with Crippen molar-refractivity contribution >= 4 is 5.69 Å². The van der Waals surface area contributed by atoms with Crippen LogP contribution in [0.2, 0.25) is 0 Å². The van der Waals surface area contributed by atoms with Crippen molar-refractivity contribution in [3.05, 3.63) is 77.6 Å². The van der Waals surface area contributed by atoms with Crippen molar-refractivity contribution in [3.63, 3.8) is 0 Å². The zero-order valence-corrected chi connectivity index (χ0v) is 13.6. The minimum atomic E-state index is -0.211. The van der Waals surface area contributed by atoms with Crippen LogP contribution in [0.25, 0.3) is 0 Å². The van der Waals surface area contributed by atoms with Gasteiger partial charge in [0.05, 0.1) is 31.0 Å². The Bertz CT molecular complexity index is 882. The molecule has 124 valence electrons. The van der Waals surface area contributed by atoms with Crippen molar-refractivity contribution in [1.82, 2.24) is 15.0 Å². The number of ether oxygens (including phenoxy) is 1. The lowest BCUT2D eigenvalue weighted by Crippen LogP contribution is -2.23. The maximum absolute atomic E-state index is 8.87. The summed E-state index contributed by atoms with van der Waals surface area (Å²) >= 11 is 0. The van der Waals surface area contributed by atoms with E-state index >= 15 is 0 Å². The van der Waals surface area contributed by atoms with E-state index < -0.39 is 0 Å². The predicted molar refractivity (Wildman–Crippen MR) is 92.8 cm³/mol. The third-order valence-electron chi connectivity index (χ3n) is 4.22. The van der Waals surface area contributed by atoms with Crippen LogP contribution >= 0.6 is 0 Å². The maximum atomic E-state index is 8.87. The number of aromatic nitrogens is 3. The van der Waals surface area contributed by atoms with E-state index in [0.29, 0.717) is 18.7 Å². The monoisotopic (exact) mass is 331 g/mol. The van der Waals surface area contributed by atoms with E-state index in [9.17, 15) is 0 Å². The van der Waals surface area contributed by atoms with Gasteiger partial charge in [-0.25, -0.2) is 4.68 Å². The van der Waals surface area contributed by atoms with Crippen molar-refractivity contribution < 1.29 is 4.74 Å². The van der Waals surface area contributed by atoms with Crippen molar-refractivity contribution in [2.24, 2.45) is 0 Å². The molecule has 0 bridgehead atoms. The minimum absolute atomic E-state index is 0.211. The lowest BCUT2D eigenvalue weighted by Gasteiger charge is -2.23. The quantitative estimate of drug-likeness (QED) is 0.735. The van der Waals surface area contributed by atoms with Gasteiger partial charge in [0.25, 0.3) is 0 Å². The lowest BCUT2D eigenvalue weighted by atomic mass is 10.1. The molecule has 25 heavy (non-hydrogen) atoms. The summed E-state index contributed by atoms with van der Waals surface area (Å²) in [5.41, 5.74) is 3.64. The number of benzene rings is 2.